The summed E-state index contributed by atoms with van der Waals surface area (Å²) >= 11 is 4.97. The van der Waals surface area contributed by atoms with Crippen LogP contribution in [0.5, 0.6) is 0 Å². The Kier molecular flexibility index (Phi) is 5.54. The summed E-state index contributed by atoms with van der Waals surface area (Å²) in [6, 6.07) is 13.2. The largest absolute Gasteiger partial charge is 0.416 e. The number of alkyl halides is 3. The van der Waals surface area contributed by atoms with Gasteiger partial charge in [-0.15, -0.1) is 0 Å². The standard InChI is InChI=1S/C17H12F3N5O2S/c18-17(19,20)11-6-8-12(9-7-11)21-16(28)24-23-14(26)15-22-13(25-27-15)10-4-2-1-3-5-10/h1-9H,(H,23,26)(H2,21,24,28). The molecule has 11 heteroatoms. The van der Waals surface area contributed by atoms with E-state index in [2.05, 4.69) is 26.3 Å². The summed E-state index contributed by atoms with van der Waals surface area (Å²) in [7, 11) is 0. The summed E-state index contributed by atoms with van der Waals surface area (Å²) in [4.78, 5) is 16.0. The molecule has 3 aromatic rings. The highest BCUT2D eigenvalue weighted by atomic mass is 32.1. The Hall–Kier alpha value is -3.47. The quantitative estimate of drug-likeness (QED) is 0.453. The lowest BCUT2D eigenvalue weighted by atomic mass is 10.2. The molecule has 3 rings (SSSR count). The fourth-order valence-corrected chi connectivity index (χ4v) is 2.26. The minimum absolute atomic E-state index is 0.0455. The molecule has 3 N–H and O–H groups in total. The van der Waals surface area contributed by atoms with Crippen molar-refractivity contribution in [3.63, 3.8) is 0 Å². The molecule has 0 bridgehead atoms. The number of anilines is 1. The van der Waals surface area contributed by atoms with Gasteiger partial charge in [0, 0.05) is 11.3 Å². The van der Waals surface area contributed by atoms with Crippen LogP contribution in [0.3, 0.4) is 0 Å². The summed E-state index contributed by atoms with van der Waals surface area (Å²) in [6.45, 7) is 0. The van der Waals surface area contributed by atoms with Crippen LogP contribution in [0, 0.1) is 0 Å². The van der Waals surface area contributed by atoms with E-state index >= 15 is 0 Å². The van der Waals surface area contributed by atoms with Crippen LogP contribution in [0.2, 0.25) is 0 Å². The second-order valence-corrected chi connectivity index (χ2v) is 5.81. The van der Waals surface area contributed by atoms with Gasteiger partial charge in [-0.05, 0) is 36.5 Å². The highest BCUT2D eigenvalue weighted by Crippen LogP contribution is 2.29. The number of hydrazine groups is 1. The van der Waals surface area contributed by atoms with Crippen molar-refractivity contribution in [3.8, 4) is 11.4 Å². The molecule has 2 aromatic carbocycles. The molecule has 7 nitrogen and oxygen atoms in total. The van der Waals surface area contributed by atoms with Gasteiger partial charge in [-0.25, -0.2) is 0 Å². The van der Waals surface area contributed by atoms with E-state index in [9.17, 15) is 18.0 Å². The molecule has 0 fully saturated rings. The summed E-state index contributed by atoms with van der Waals surface area (Å²) in [5, 5.41) is 6.30. The second kappa shape index (κ2) is 8.05. The average Bonchev–Trinajstić information content (AvgIpc) is 3.17. The number of hydrogen-bond acceptors (Lipinski definition) is 5. The molecule has 1 heterocycles. The number of aromatic nitrogens is 2. The van der Waals surface area contributed by atoms with Crippen LogP contribution in [-0.4, -0.2) is 21.2 Å². The third kappa shape index (κ3) is 4.82. The average molecular weight is 407 g/mol. The lowest BCUT2D eigenvalue weighted by Crippen LogP contribution is -2.43. The molecule has 0 spiro atoms. The van der Waals surface area contributed by atoms with E-state index in [1.807, 2.05) is 6.07 Å². The third-order valence-electron chi connectivity index (χ3n) is 3.41. The number of nitrogens with one attached hydrogen (secondary N) is 3. The van der Waals surface area contributed by atoms with Gasteiger partial charge in [0.2, 0.25) is 5.82 Å². The van der Waals surface area contributed by atoms with Crippen molar-refractivity contribution in [2.45, 2.75) is 6.18 Å². The fraction of sp³-hybridized carbons (Fsp3) is 0.0588. The number of rotatable bonds is 3. The number of halogens is 3. The van der Waals surface area contributed by atoms with Crippen molar-refractivity contribution in [3.05, 3.63) is 66.1 Å². The van der Waals surface area contributed by atoms with Gasteiger partial charge in [0.05, 0.1) is 5.56 Å². The summed E-state index contributed by atoms with van der Waals surface area (Å²) in [5.41, 5.74) is 4.85. The van der Waals surface area contributed by atoms with Crippen LogP contribution in [0.15, 0.2) is 59.1 Å². The molecule has 28 heavy (non-hydrogen) atoms. The minimum Gasteiger partial charge on any atom is -0.331 e. The smallest absolute Gasteiger partial charge is 0.331 e. The SMILES string of the molecule is O=C(NNC(=S)Nc1ccc(C(F)(F)F)cc1)c1nc(-c2ccccc2)no1. The van der Waals surface area contributed by atoms with Crippen LogP contribution in [0.1, 0.15) is 16.2 Å². The third-order valence-corrected chi connectivity index (χ3v) is 3.62. The Morgan fingerprint density at radius 3 is 2.32 bits per heavy atom. The maximum absolute atomic E-state index is 12.5. The number of benzene rings is 2. The molecule has 0 atom stereocenters. The molecular weight excluding hydrogens is 395 g/mol. The van der Waals surface area contributed by atoms with Gasteiger partial charge >= 0.3 is 18.0 Å². The minimum atomic E-state index is -4.42. The molecule has 0 radical (unpaired) electrons. The summed E-state index contributed by atoms with van der Waals surface area (Å²) in [5.74, 6) is -0.772. The van der Waals surface area contributed by atoms with E-state index in [1.54, 1.807) is 24.3 Å². The van der Waals surface area contributed by atoms with Gasteiger partial charge in [0.25, 0.3) is 0 Å². The van der Waals surface area contributed by atoms with Crippen molar-refractivity contribution in [2.24, 2.45) is 0 Å². The van der Waals surface area contributed by atoms with Crippen molar-refractivity contribution < 1.29 is 22.5 Å². The number of carbonyl (C=O) groups excluding carboxylic acids is 1. The molecule has 1 amide bonds. The highest BCUT2D eigenvalue weighted by molar-refractivity contribution is 7.80. The summed E-state index contributed by atoms with van der Waals surface area (Å²) in [6.07, 6.45) is -4.42. The first kappa shape index (κ1) is 19.3. The Labute approximate surface area is 161 Å². The van der Waals surface area contributed by atoms with E-state index in [0.29, 0.717) is 11.3 Å². The van der Waals surface area contributed by atoms with Crippen molar-refractivity contribution >= 4 is 28.9 Å². The molecule has 144 valence electrons. The first-order chi connectivity index (χ1) is 13.3. The molecule has 0 saturated heterocycles. The van der Waals surface area contributed by atoms with E-state index < -0.39 is 17.6 Å². The predicted octanol–water partition coefficient (Wildman–Crippen LogP) is 3.39. The monoisotopic (exact) mass is 407 g/mol. The molecule has 0 unspecified atom stereocenters. The fourth-order valence-electron chi connectivity index (χ4n) is 2.09. The summed E-state index contributed by atoms with van der Waals surface area (Å²) < 4.78 is 42.5. The van der Waals surface area contributed by atoms with E-state index in [4.69, 9.17) is 16.7 Å². The maximum atomic E-state index is 12.5. The van der Waals surface area contributed by atoms with Crippen molar-refractivity contribution in [2.75, 3.05) is 5.32 Å². The van der Waals surface area contributed by atoms with Gasteiger partial charge < -0.3 is 9.84 Å². The number of carbonyl (C=O) groups is 1. The first-order valence-electron chi connectivity index (χ1n) is 7.76. The Bertz CT molecular complexity index is 974. The van der Waals surface area contributed by atoms with Crippen LogP contribution < -0.4 is 16.2 Å². The van der Waals surface area contributed by atoms with Gasteiger partial charge in [-0.1, -0.05) is 35.5 Å². The molecule has 1 aromatic heterocycles. The predicted molar refractivity (Wildman–Crippen MR) is 98.0 cm³/mol. The van der Waals surface area contributed by atoms with Gasteiger partial charge in [0.1, 0.15) is 0 Å². The Morgan fingerprint density at radius 1 is 1.00 bits per heavy atom. The number of amides is 1. The van der Waals surface area contributed by atoms with E-state index in [-0.39, 0.29) is 16.8 Å². The van der Waals surface area contributed by atoms with E-state index in [1.165, 1.54) is 12.1 Å². The number of nitrogens with zero attached hydrogens (tertiary/aromatic N) is 2. The lowest BCUT2D eigenvalue weighted by Gasteiger charge is -2.11. The number of thiocarbonyl (C=S) groups is 1. The van der Waals surface area contributed by atoms with Crippen LogP contribution >= 0.6 is 12.2 Å². The van der Waals surface area contributed by atoms with Gasteiger partial charge in [-0.2, -0.15) is 18.2 Å². The first-order valence-corrected chi connectivity index (χ1v) is 8.17. The zero-order chi connectivity index (χ0) is 20.1. The van der Waals surface area contributed by atoms with Crippen LogP contribution in [0.4, 0.5) is 18.9 Å². The van der Waals surface area contributed by atoms with Crippen molar-refractivity contribution in [1.82, 2.24) is 21.0 Å². The Morgan fingerprint density at radius 2 is 1.68 bits per heavy atom. The van der Waals surface area contributed by atoms with E-state index in [0.717, 1.165) is 12.1 Å². The molecule has 0 aliphatic heterocycles. The van der Waals surface area contributed by atoms with Crippen LogP contribution in [-0.2, 0) is 6.18 Å². The lowest BCUT2D eigenvalue weighted by molar-refractivity contribution is -0.137. The van der Waals surface area contributed by atoms with Crippen LogP contribution in [0.25, 0.3) is 11.4 Å². The van der Waals surface area contributed by atoms with Gasteiger partial charge in [0.15, 0.2) is 5.11 Å². The molecule has 0 saturated carbocycles. The highest BCUT2D eigenvalue weighted by Gasteiger charge is 2.29. The normalized spacial score (nSPS) is 11.0. The topological polar surface area (TPSA) is 92.1 Å². The maximum Gasteiger partial charge on any atom is 0.416 e. The van der Waals surface area contributed by atoms with Crippen molar-refractivity contribution in [1.29, 1.82) is 0 Å². The second-order valence-electron chi connectivity index (χ2n) is 5.40. The van der Waals surface area contributed by atoms with Gasteiger partial charge in [-0.3, -0.25) is 15.6 Å². The molecule has 0 aliphatic carbocycles. The molecule has 0 aliphatic rings. The number of hydrogen-bond donors (Lipinski definition) is 3. The zero-order valence-electron chi connectivity index (χ0n) is 13.9. The zero-order valence-corrected chi connectivity index (χ0v) is 14.8. The molecular formula is C17H12F3N5O2S. The Balaban J connectivity index is 1.53.